The largest absolute Gasteiger partial charge is 0.386 e. The van der Waals surface area contributed by atoms with Crippen molar-refractivity contribution in [2.24, 2.45) is 0 Å². The lowest BCUT2D eigenvalue weighted by atomic mass is 10.1. The Morgan fingerprint density at radius 1 is 0.646 bits per heavy atom. The molecule has 0 bridgehead atoms. The highest BCUT2D eigenvalue weighted by Gasteiger charge is 2.47. The number of ether oxygens (including phenoxy) is 5. The number of imidazole rings is 2. The Kier molecular flexibility index (Phi) is 17.9. The summed E-state index contributed by atoms with van der Waals surface area (Å²) in [6.45, 7) is -9.60. The minimum Gasteiger partial charge on any atom is -0.382 e. The van der Waals surface area contributed by atoms with Gasteiger partial charge in [-0.05, 0) is 43.9 Å². The summed E-state index contributed by atoms with van der Waals surface area (Å²) < 4.78 is 86.3. The fourth-order valence-electron chi connectivity index (χ4n) is 10.00. The number of hydrogen-bond donors (Lipinski definition) is 8. The normalized spacial score (nSPS) is 28.9. The molecule has 15 atom stereocenters. The van der Waals surface area contributed by atoms with E-state index in [1.807, 2.05) is 6.92 Å². The molecule has 0 aliphatic carbocycles. The number of H-pyrrole nitrogens is 3. The summed E-state index contributed by atoms with van der Waals surface area (Å²) in [5.74, 6) is -0.0336. The van der Waals surface area contributed by atoms with Crippen LogP contribution in [-0.4, -0.2) is 144 Å². The number of rotatable bonds is 22. The van der Waals surface area contributed by atoms with Crippen LogP contribution in [0.5, 0.6) is 0 Å². The maximum atomic E-state index is 14.5. The van der Waals surface area contributed by atoms with E-state index < -0.39 is 142 Å². The van der Waals surface area contributed by atoms with E-state index in [9.17, 15) is 38.3 Å². The van der Waals surface area contributed by atoms with Gasteiger partial charge < -0.3 is 63.0 Å². The first-order chi connectivity index (χ1) is 38.9. The van der Waals surface area contributed by atoms with E-state index >= 15 is 0 Å². The SMILES string of the molecule is CCC[C@H]1O[C@@H](n2cnc3c(=O)[nH]c(N)nc32)C[C@H]1OP(O)(=S)OC[C@H]1O[C@@H](n2cnc3c(N)ncnc32)C[C@H]1OP(=O)(S)OC[C@H]1O[C@@H](n2cc(C)c(=O)[nH]c2=O)C[C@H]1OP(O)(=S)OC[C@H]1O[C@@H](n2cc(C)c(=O)[nH]c2=O)C[C@H]1OC. The minimum atomic E-state index is -4.54. The molecule has 4 saturated heterocycles. The van der Waals surface area contributed by atoms with Gasteiger partial charge in [0, 0.05) is 56.3 Å². The summed E-state index contributed by atoms with van der Waals surface area (Å²) in [5, 5.41) is 0. The van der Waals surface area contributed by atoms with E-state index in [1.165, 1.54) is 61.5 Å². The van der Waals surface area contributed by atoms with E-state index in [0.29, 0.717) is 12.8 Å². The number of nitrogens with zero attached hydrogens (tertiary/aromatic N) is 9. The topological polar surface area (TPSA) is 428 Å². The van der Waals surface area contributed by atoms with E-state index in [-0.39, 0.29) is 70.9 Å². The molecule has 39 heteroatoms. The highest BCUT2D eigenvalue weighted by atomic mass is 32.7. The number of fused-ring (bicyclic) bond motifs is 2. The van der Waals surface area contributed by atoms with Crippen molar-refractivity contribution in [3.05, 3.63) is 94.5 Å². The molecule has 82 heavy (non-hydrogen) atoms. The monoisotopic (exact) mass is 1260 g/mol. The highest BCUT2D eigenvalue weighted by molar-refractivity contribution is 8.44. The first kappa shape index (κ1) is 60.3. The Balaban J connectivity index is 0.838. The molecule has 10 rings (SSSR count). The third-order valence-electron chi connectivity index (χ3n) is 14.0. The Hall–Kier alpha value is -4.78. The molecule has 6 aromatic rings. The minimum absolute atomic E-state index is 0.0416. The van der Waals surface area contributed by atoms with Crippen LogP contribution < -0.4 is 39.5 Å². The number of nitrogens with one attached hydrogen (secondary N) is 3. The number of hydrogen-bond acceptors (Lipinski definition) is 26. The zero-order chi connectivity index (χ0) is 58.6. The number of aromatic amines is 3. The lowest BCUT2D eigenvalue weighted by Gasteiger charge is -2.27. The van der Waals surface area contributed by atoms with Crippen LogP contribution in [0.15, 0.2) is 55.3 Å². The predicted octanol–water partition coefficient (Wildman–Crippen LogP) is 1.48. The Labute approximate surface area is 477 Å². The van der Waals surface area contributed by atoms with Crippen molar-refractivity contribution >= 4 is 90.2 Å². The molecule has 0 spiro atoms. The summed E-state index contributed by atoms with van der Waals surface area (Å²) in [6, 6.07) is 0. The highest BCUT2D eigenvalue weighted by Crippen LogP contribution is 2.58. The third kappa shape index (κ3) is 13.2. The molecule has 0 aromatic carbocycles. The van der Waals surface area contributed by atoms with Crippen LogP contribution in [0.1, 0.15) is 81.5 Å². The molecule has 9 N–H and O–H groups in total. The van der Waals surface area contributed by atoms with Crippen molar-refractivity contribution in [1.29, 1.82) is 0 Å². The van der Waals surface area contributed by atoms with Crippen LogP contribution in [0.3, 0.4) is 0 Å². The average Bonchev–Trinajstić information content (AvgIpc) is 3.91. The van der Waals surface area contributed by atoms with Crippen LogP contribution in [-0.2, 0) is 79.0 Å². The molecule has 3 unspecified atom stereocenters. The van der Waals surface area contributed by atoms with Gasteiger partial charge in [0.05, 0.1) is 56.9 Å². The van der Waals surface area contributed by atoms with E-state index in [4.69, 9.17) is 85.9 Å². The zero-order valence-corrected chi connectivity index (χ0v) is 49.0. The Morgan fingerprint density at radius 2 is 1.11 bits per heavy atom. The van der Waals surface area contributed by atoms with Crippen molar-refractivity contribution in [2.45, 2.75) is 133 Å². The van der Waals surface area contributed by atoms with Crippen molar-refractivity contribution in [3.63, 3.8) is 0 Å². The Morgan fingerprint density at radius 3 is 1.66 bits per heavy atom. The summed E-state index contributed by atoms with van der Waals surface area (Å²) in [5.41, 5.74) is 9.82. The van der Waals surface area contributed by atoms with Crippen molar-refractivity contribution in [3.8, 4) is 0 Å². The van der Waals surface area contributed by atoms with Gasteiger partial charge in [0.15, 0.2) is 22.6 Å². The number of nitrogens with two attached hydrogens (primary N) is 2. The second-order valence-electron chi connectivity index (χ2n) is 19.6. The van der Waals surface area contributed by atoms with Crippen LogP contribution in [0.2, 0.25) is 0 Å². The average molecular weight is 1260 g/mol. The number of aromatic nitrogens is 12. The molecule has 446 valence electrons. The zero-order valence-electron chi connectivity index (χ0n) is 43.8. The van der Waals surface area contributed by atoms with E-state index in [1.54, 1.807) is 4.57 Å². The number of thiol groups is 1. The van der Waals surface area contributed by atoms with Crippen LogP contribution in [0.4, 0.5) is 11.8 Å². The maximum Gasteiger partial charge on any atom is 0.386 e. The molecule has 33 nitrogen and oxygen atoms in total. The van der Waals surface area contributed by atoms with Crippen molar-refractivity contribution in [2.75, 3.05) is 38.4 Å². The lowest BCUT2D eigenvalue weighted by molar-refractivity contribution is -0.0577. The maximum absolute atomic E-state index is 14.5. The number of aryl methyl sites for hydroxylation is 2. The summed E-state index contributed by atoms with van der Waals surface area (Å²) in [7, 11) is 1.41. The fraction of sp³-hybridized carbons (Fsp3) is 0.581. The van der Waals surface area contributed by atoms with Gasteiger partial charge in [0.25, 0.3) is 16.7 Å². The molecule has 6 aromatic heterocycles. The molecular formula is C43H57N14O19P3S3. The molecular weight excluding hydrogens is 1210 g/mol. The van der Waals surface area contributed by atoms with E-state index in [0.717, 1.165) is 4.57 Å². The number of methoxy groups -OCH3 is 1. The fourth-order valence-corrected chi connectivity index (χ4v) is 14.5. The van der Waals surface area contributed by atoms with Gasteiger partial charge in [-0.2, -0.15) is 4.98 Å². The van der Waals surface area contributed by atoms with Gasteiger partial charge >= 0.3 is 31.6 Å². The van der Waals surface area contributed by atoms with Crippen LogP contribution in [0.25, 0.3) is 22.3 Å². The quantitative estimate of drug-likeness (QED) is 0.0352. The second-order valence-corrected chi connectivity index (χ2v) is 28.0. The van der Waals surface area contributed by atoms with Crippen molar-refractivity contribution in [1.82, 2.24) is 58.1 Å². The van der Waals surface area contributed by atoms with Gasteiger partial charge in [-0.25, -0.2) is 34.1 Å². The number of anilines is 2. The van der Waals surface area contributed by atoms with Gasteiger partial charge in [0.1, 0.15) is 61.2 Å². The first-order valence-corrected chi connectivity index (χ1v) is 33.2. The molecule has 4 fully saturated rings. The van der Waals surface area contributed by atoms with E-state index in [2.05, 4.69) is 52.1 Å². The van der Waals surface area contributed by atoms with Crippen molar-refractivity contribution < 1.29 is 65.2 Å². The molecule has 4 aliphatic heterocycles. The number of nitrogen functional groups attached to an aromatic ring is 2. The predicted molar refractivity (Wildman–Crippen MR) is 296 cm³/mol. The third-order valence-corrected chi connectivity index (χ3v) is 18.8. The van der Waals surface area contributed by atoms with Gasteiger partial charge in [-0.3, -0.25) is 56.7 Å². The van der Waals surface area contributed by atoms with Gasteiger partial charge in [0.2, 0.25) is 5.95 Å². The molecule has 0 amide bonds. The Bertz CT molecular complexity index is 3820. The summed E-state index contributed by atoms with van der Waals surface area (Å²) in [4.78, 5) is 114. The second kappa shape index (κ2) is 24.3. The molecule has 4 aliphatic rings. The molecule has 10 heterocycles. The van der Waals surface area contributed by atoms with Crippen LogP contribution in [0, 0.1) is 13.8 Å². The summed E-state index contributed by atoms with van der Waals surface area (Å²) >= 11 is 15.3. The molecule has 0 saturated carbocycles. The first-order valence-electron chi connectivity index (χ1n) is 25.3. The lowest BCUT2D eigenvalue weighted by Crippen LogP contribution is -2.33. The van der Waals surface area contributed by atoms with Gasteiger partial charge in [-0.1, -0.05) is 25.6 Å². The standard InChI is InChI=1S/C43H57N14O19P3S3/c1-5-6-21-23(8-32(70-21)57-18-49-34-37(57)50-41(45)51-40(34)60)74-77(63,80)68-15-28-25(10-31(73-28)56-17-48-33-35(44)46-16-47-36(33)56)76-79(65,82)69-14-27-24(9-30(72-27)55-12-20(3)39(59)53-43(55)62)75-78(64,81)67-13-26-22(66-4)7-29(71-26)54-11-19(2)38(58)52-42(54)61/h11-12,16-18,21-32H,5-10,13-15H2,1-4H3,(H,63,80)(H,64,81)(H,65,82)(H2,44,46,47)(H,52,58,61)(H,53,59,62)(H3,45,50,51,60)/t21-,22-,23-,24-,25-,26-,27-,28-,29-,30-,31-,32-,77?,78?,79?/m1/s1. The molecule has 0 radical (unpaired) electrons. The summed E-state index contributed by atoms with van der Waals surface area (Å²) in [6.07, 6.45) is -3.82. The van der Waals surface area contributed by atoms with Crippen LogP contribution >= 0.6 is 32.5 Å². The van der Waals surface area contributed by atoms with Gasteiger partial charge in [-0.15, -0.1) is 0 Å². The smallest absolute Gasteiger partial charge is 0.382 e.